The maximum Gasteiger partial charge on any atom is 0.254 e. The van der Waals surface area contributed by atoms with Crippen LogP contribution in [0.4, 0.5) is 5.82 Å². The number of fused-ring (bicyclic) bond motifs is 1. The Labute approximate surface area is 170 Å². The third-order valence-electron chi connectivity index (χ3n) is 6.18. The molecule has 2 aromatic rings. The average Bonchev–Trinajstić information content (AvgIpc) is 3.10. The summed E-state index contributed by atoms with van der Waals surface area (Å²) in [6.45, 7) is 4.77. The SMILES string of the molecule is C=CC(=O)N1CCC[C@@H](n2nc([C@H]3CCc4ccccc4C3)c(C(N)=O)c2N)C1. The number of primary amides is 1. The van der Waals surface area contributed by atoms with Gasteiger partial charge in [0.1, 0.15) is 11.4 Å². The predicted octanol–water partition coefficient (Wildman–Crippen LogP) is 2.19. The molecule has 0 saturated carbocycles. The Bertz CT molecular complexity index is 964. The van der Waals surface area contributed by atoms with Crippen LogP contribution in [0.1, 0.15) is 58.4 Å². The normalized spacial score (nSPS) is 21.4. The van der Waals surface area contributed by atoms with Gasteiger partial charge in [-0.2, -0.15) is 5.10 Å². The van der Waals surface area contributed by atoms with Crippen molar-refractivity contribution in [2.45, 2.75) is 44.1 Å². The van der Waals surface area contributed by atoms with Gasteiger partial charge in [-0.1, -0.05) is 30.8 Å². The van der Waals surface area contributed by atoms with E-state index in [2.05, 4.69) is 24.8 Å². The van der Waals surface area contributed by atoms with Crippen molar-refractivity contribution < 1.29 is 9.59 Å². The standard InChI is InChI=1S/C22H27N5O2/c1-2-18(28)26-11-5-8-17(13-26)27-21(23)19(22(24)29)20(25-27)16-10-9-14-6-3-4-7-15(14)12-16/h2-4,6-7,16-17H,1,5,8-13,23H2,(H2,24,29)/t16-,17+/m0/s1. The highest BCUT2D eigenvalue weighted by molar-refractivity contribution is 5.98. The van der Waals surface area contributed by atoms with E-state index in [4.69, 9.17) is 16.6 Å². The van der Waals surface area contributed by atoms with Crippen molar-refractivity contribution in [3.63, 3.8) is 0 Å². The zero-order valence-corrected chi connectivity index (χ0v) is 16.5. The highest BCUT2D eigenvalue weighted by atomic mass is 16.2. The van der Waals surface area contributed by atoms with Crippen LogP contribution < -0.4 is 11.5 Å². The number of likely N-dealkylation sites (tertiary alicyclic amines) is 1. The number of amides is 2. The van der Waals surface area contributed by atoms with E-state index in [9.17, 15) is 9.59 Å². The number of aromatic nitrogens is 2. The summed E-state index contributed by atoms with van der Waals surface area (Å²) in [6, 6.07) is 8.30. The van der Waals surface area contributed by atoms with E-state index in [-0.39, 0.29) is 17.9 Å². The van der Waals surface area contributed by atoms with Gasteiger partial charge in [-0.05, 0) is 49.3 Å². The van der Waals surface area contributed by atoms with E-state index >= 15 is 0 Å². The summed E-state index contributed by atoms with van der Waals surface area (Å²) in [5.41, 5.74) is 15.7. The van der Waals surface area contributed by atoms with Crippen molar-refractivity contribution >= 4 is 17.6 Å². The molecule has 7 heteroatoms. The molecule has 1 aliphatic heterocycles. The molecule has 1 aromatic carbocycles. The molecule has 0 bridgehead atoms. The minimum atomic E-state index is -0.544. The zero-order valence-electron chi connectivity index (χ0n) is 16.5. The fourth-order valence-corrected chi connectivity index (χ4v) is 4.70. The van der Waals surface area contributed by atoms with Crippen LogP contribution >= 0.6 is 0 Å². The molecular formula is C22H27N5O2. The Morgan fingerprint density at radius 2 is 1.97 bits per heavy atom. The van der Waals surface area contributed by atoms with Gasteiger partial charge in [-0.25, -0.2) is 4.68 Å². The molecule has 4 N–H and O–H groups in total. The molecule has 1 fully saturated rings. The van der Waals surface area contributed by atoms with E-state index in [0.717, 1.165) is 32.1 Å². The largest absolute Gasteiger partial charge is 0.383 e. The molecule has 0 unspecified atom stereocenters. The first-order valence-corrected chi connectivity index (χ1v) is 10.2. The van der Waals surface area contributed by atoms with E-state index in [1.54, 1.807) is 9.58 Å². The molecular weight excluding hydrogens is 366 g/mol. The van der Waals surface area contributed by atoms with Gasteiger partial charge in [0.25, 0.3) is 5.91 Å². The summed E-state index contributed by atoms with van der Waals surface area (Å²) in [5, 5.41) is 4.80. The summed E-state index contributed by atoms with van der Waals surface area (Å²) < 4.78 is 1.72. The third kappa shape index (κ3) is 3.52. The second-order valence-corrected chi connectivity index (χ2v) is 7.95. The highest BCUT2D eigenvalue weighted by Gasteiger charge is 2.32. The van der Waals surface area contributed by atoms with Crippen molar-refractivity contribution in [2.24, 2.45) is 5.73 Å². The molecule has 1 aliphatic carbocycles. The summed E-state index contributed by atoms with van der Waals surface area (Å²) in [6.07, 6.45) is 5.68. The van der Waals surface area contributed by atoms with E-state index < -0.39 is 5.91 Å². The molecule has 2 heterocycles. The van der Waals surface area contributed by atoms with Gasteiger partial charge in [-0.15, -0.1) is 0 Å². The highest BCUT2D eigenvalue weighted by Crippen LogP contribution is 2.36. The number of hydrogen-bond donors (Lipinski definition) is 2. The number of nitrogens with two attached hydrogens (primary N) is 2. The van der Waals surface area contributed by atoms with E-state index in [1.807, 2.05) is 6.07 Å². The Morgan fingerprint density at radius 1 is 1.21 bits per heavy atom. The lowest BCUT2D eigenvalue weighted by Gasteiger charge is -2.32. The van der Waals surface area contributed by atoms with Crippen molar-refractivity contribution in [1.29, 1.82) is 0 Å². The van der Waals surface area contributed by atoms with Crippen molar-refractivity contribution in [2.75, 3.05) is 18.8 Å². The van der Waals surface area contributed by atoms with Crippen LogP contribution in [0.3, 0.4) is 0 Å². The Morgan fingerprint density at radius 3 is 2.69 bits per heavy atom. The number of anilines is 1. The Hall–Kier alpha value is -3.09. The minimum Gasteiger partial charge on any atom is -0.383 e. The Balaban J connectivity index is 1.67. The molecule has 4 rings (SSSR count). The van der Waals surface area contributed by atoms with Crippen molar-refractivity contribution in [3.8, 4) is 0 Å². The van der Waals surface area contributed by atoms with Gasteiger partial charge in [-0.3, -0.25) is 9.59 Å². The molecule has 1 saturated heterocycles. The lowest BCUT2D eigenvalue weighted by molar-refractivity contribution is -0.127. The van der Waals surface area contributed by atoms with Crippen LogP contribution in [-0.2, 0) is 17.6 Å². The number of benzene rings is 1. The van der Waals surface area contributed by atoms with Gasteiger partial charge in [0, 0.05) is 19.0 Å². The minimum absolute atomic E-state index is 0.0737. The maximum absolute atomic E-state index is 12.3. The summed E-state index contributed by atoms with van der Waals surface area (Å²) >= 11 is 0. The fourth-order valence-electron chi connectivity index (χ4n) is 4.70. The fraction of sp³-hybridized carbons (Fsp3) is 0.409. The topological polar surface area (TPSA) is 107 Å². The van der Waals surface area contributed by atoms with Crippen molar-refractivity contribution in [3.05, 3.63) is 59.3 Å². The maximum atomic E-state index is 12.3. The molecule has 7 nitrogen and oxygen atoms in total. The third-order valence-corrected chi connectivity index (χ3v) is 6.18. The Kier molecular flexibility index (Phi) is 5.13. The van der Waals surface area contributed by atoms with Gasteiger partial charge in [0.2, 0.25) is 5.91 Å². The number of hydrogen-bond acceptors (Lipinski definition) is 4. The number of nitrogens with zero attached hydrogens (tertiary/aromatic N) is 3. The van der Waals surface area contributed by atoms with Crippen molar-refractivity contribution in [1.82, 2.24) is 14.7 Å². The average molecular weight is 393 g/mol. The number of aryl methyl sites for hydroxylation is 1. The lowest BCUT2D eigenvalue weighted by Crippen LogP contribution is -2.40. The van der Waals surface area contributed by atoms with Crippen LogP contribution in [0.5, 0.6) is 0 Å². The van der Waals surface area contributed by atoms with Crippen LogP contribution in [0.2, 0.25) is 0 Å². The smallest absolute Gasteiger partial charge is 0.254 e. The molecule has 2 amide bonds. The molecule has 29 heavy (non-hydrogen) atoms. The summed E-state index contributed by atoms with van der Waals surface area (Å²) in [5.74, 6) is -0.230. The first-order valence-electron chi connectivity index (χ1n) is 10.2. The number of nitrogen functional groups attached to an aromatic ring is 1. The number of carbonyl (C=O) groups excluding carboxylic acids is 2. The molecule has 0 spiro atoms. The molecule has 0 radical (unpaired) electrons. The van der Waals surface area contributed by atoms with Crippen LogP contribution in [-0.4, -0.2) is 39.6 Å². The molecule has 2 atom stereocenters. The van der Waals surface area contributed by atoms with Crippen LogP contribution in [0, 0.1) is 0 Å². The van der Waals surface area contributed by atoms with Crippen LogP contribution in [0.15, 0.2) is 36.9 Å². The van der Waals surface area contributed by atoms with Gasteiger partial charge in [0.05, 0.1) is 11.7 Å². The second-order valence-electron chi connectivity index (χ2n) is 7.95. The van der Waals surface area contributed by atoms with Gasteiger partial charge >= 0.3 is 0 Å². The zero-order chi connectivity index (χ0) is 20.5. The lowest BCUT2D eigenvalue weighted by atomic mass is 9.81. The number of carbonyl (C=O) groups is 2. The quantitative estimate of drug-likeness (QED) is 0.776. The molecule has 2 aliphatic rings. The van der Waals surface area contributed by atoms with Gasteiger partial charge in [0.15, 0.2) is 0 Å². The summed E-state index contributed by atoms with van der Waals surface area (Å²) in [4.78, 5) is 26.1. The first-order chi connectivity index (χ1) is 14.0. The molecule has 152 valence electrons. The predicted molar refractivity (Wildman–Crippen MR) is 111 cm³/mol. The summed E-state index contributed by atoms with van der Waals surface area (Å²) in [7, 11) is 0. The van der Waals surface area contributed by atoms with E-state index in [1.165, 1.54) is 17.2 Å². The number of piperidine rings is 1. The molecule has 1 aromatic heterocycles. The van der Waals surface area contributed by atoms with Crippen LogP contribution in [0.25, 0.3) is 0 Å². The van der Waals surface area contributed by atoms with E-state index in [0.29, 0.717) is 30.2 Å². The second kappa shape index (κ2) is 7.73. The van der Waals surface area contributed by atoms with Gasteiger partial charge < -0.3 is 16.4 Å². The monoisotopic (exact) mass is 393 g/mol. The first kappa shape index (κ1) is 19.2. The number of rotatable bonds is 4.